The minimum absolute atomic E-state index is 0.171. The number of pyridine rings is 1. The molecular formula is C23H28N2O5. The van der Waals surface area contributed by atoms with E-state index in [1.54, 1.807) is 0 Å². The molecule has 0 aliphatic carbocycles. The van der Waals surface area contributed by atoms with E-state index in [1.165, 1.54) is 0 Å². The number of carbonyl (C=O) groups is 1. The van der Waals surface area contributed by atoms with Gasteiger partial charge in [0.15, 0.2) is 0 Å². The first-order valence-corrected chi connectivity index (χ1v) is 10.5. The Morgan fingerprint density at radius 1 is 1.27 bits per heavy atom. The average molecular weight is 412 g/mol. The monoisotopic (exact) mass is 412 g/mol. The molecule has 0 radical (unpaired) electrons. The maximum absolute atomic E-state index is 11.8. The van der Waals surface area contributed by atoms with Crippen LogP contribution in [-0.4, -0.2) is 54.3 Å². The summed E-state index contributed by atoms with van der Waals surface area (Å²) in [4.78, 5) is 18.5. The van der Waals surface area contributed by atoms with Crippen LogP contribution in [0.4, 0.5) is 5.82 Å². The largest absolute Gasteiger partial charge is 0.491 e. The Labute approximate surface area is 176 Å². The summed E-state index contributed by atoms with van der Waals surface area (Å²) < 4.78 is 17.1. The summed E-state index contributed by atoms with van der Waals surface area (Å²) in [6, 6.07) is 12.0. The van der Waals surface area contributed by atoms with Gasteiger partial charge in [0.2, 0.25) is 0 Å². The number of aromatic nitrogens is 1. The summed E-state index contributed by atoms with van der Waals surface area (Å²) >= 11 is 0. The molecule has 2 saturated heterocycles. The molecular weight excluding hydrogens is 384 g/mol. The molecule has 4 rings (SSSR count). The number of benzene rings is 1. The molecule has 2 aromatic rings. The van der Waals surface area contributed by atoms with Crippen LogP contribution < -0.4 is 9.64 Å². The number of carboxylic acids is 1. The number of nitrogens with zero attached hydrogens (tertiary/aromatic N) is 2. The van der Waals surface area contributed by atoms with E-state index in [0.29, 0.717) is 32.3 Å². The third-order valence-electron chi connectivity index (χ3n) is 5.79. The van der Waals surface area contributed by atoms with Crippen LogP contribution in [-0.2, 0) is 20.7 Å². The van der Waals surface area contributed by atoms with E-state index >= 15 is 0 Å². The fourth-order valence-electron chi connectivity index (χ4n) is 4.11. The first kappa shape index (κ1) is 20.6. The molecule has 0 amide bonds. The van der Waals surface area contributed by atoms with E-state index in [0.717, 1.165) is 42.1 Å². The lowest BCUT2D eigenvalue weighted by atomic mass is 9.99. The highest BCUT2D eigenvalue weighted by Gasteiger charge is 2.43. The number of anilines is 1. The van der Waals surface area contributed by atoms with Gasteiger partial charge in [-0.3, -0.25) is 0 Å². The van der Waals surface area contributed by atoms with Crippen LogP contribution in [0.15, 0.2) is 42.6 Å². The van der Waals surface area contributed by atoms with Crippen LogP contribution in [0.3, 0.4) is 0 Å². The van der Waals surface area contributed by atoms with Crippen LogP contribution in [0.5, 0.6) is 5.75 Å². The van der Waals surface area contributed by atoms with Crippen molar-refractivity contribution in [2.24, 2.45) is 0 Å². The fraction of sp³-hybridized carbons (Fsp3) is 0.478. The fourth-order valence-corrected chi connectivity index (χ4v) is 4.11. The molecule has 0 spiro atoms. The Balaban J connectivity index is 1.40. The molecule has 0 saturated carbocycles. The predicted molar refractivity (Wildman–Crippen MR) is 112 cm³/mol. The Morgan fingerprint density at radius 3 is 2.80 bits per heavy atom. The maximum Gasteiger partial charge on any atom is 0.364 e. The molecule has 30 heavy (non-hydrogen) atoms. The van der Waals surface area contributed by atoms with Crippen molar-refractivity contribution >= 4 is 11.8 Å². The Hall–Kier alpha value is -2.64. The molecule has 1 N–H and O–H groups in total. The van der Waals surface area contributed by atoms with Gasteiger partial charge in [-0.15, -0.1) is 0 Å². The second-order valence-electron chi connectivity index (χ2n) is 7.86. The van der Waals surface area contributed by atoms with E-state index in [9.17, 15) is 9.90 Å². The summed E-state index contributed by atoms with van der Waals surface area (Å²) in [5.74, 6) is -0.920. The van der Waals surface area contributed by atoms with Crippen molar-refractivity contribution in [3.05, 3.63) is 53.7 Å². The highest BCUT2D eigenvalue weighted by molar-refractivity contribution is 5.76. The number of ether oxygens (including phenoxy) is 3. The lowest BCUT2D eigenvalue weighted by molar-refractivity contribution is -0.265. The van der Waals surface area contributed by atoms with Gasteiger partial charge < -0.3 is 24.2 Å². The van der Waals surface area contributed by atoms with E-state index in [2.05, 4.69) is 9.88 Å². The highest BCUT2D eigenvalue weighted by Crippen LogP contribution is 2.29. The van der Waals surface area contributed by atoms with E-state index in [-0.39, 0.29) is 6.42 Å². The molecule has 1 aromatic carbocycles. The van der Waals surface area contributed by atoms with Crippen molar-refractivity contribution in [2.75, 3.05) is 31.3 Å². The van der Waals surface area contributed by atoms with E-state index in [4.69, 9.17) is 14.2 Å². The average Bonchev–Trinajstić information content (AvgIpc) is 3.24. The summed E-state index contributed by atoms with van der Waals surface area (Å²) in [5.41, 5.74) is 1.83. The van der Waals surface area contributed by atoms with Gasteiger partial charge in [0.05, 0.1) is 19.3 Å². The molecule has 2 aliphatic heterocycles. The van der Waals surface area contributed by atoms with Crippen molar-refractivity contribution in [3.8, 4) is 5.75 Å². The number of rotatable bonds is 7. The molecule has 7 heteroatoms. The number of hydrogen-bond donors (Lipinski definition) is 1. The molecule has 2 aliphatic rings. The van der Waals surface area contributed by atoms with E-state index in [1.807, 2.05) is 49.5 Å². The summed E-state index contributed by atoms with van der Waals surface area (Å²) in [7, 11) is 0. The topological polar surface area (TPSA) is 81.1 Å². The standard InChI is InChI=1S/C23H28N2O5/c1-17-14-20(9-8-18(17)15-23(22(26)27)29-12-5-13-30-23)28-16-19-6-4-11-25(19)21-7-2-3-10-24-21/h2-3,7-10,14,19H,4-6,11-13,15-16H2,1H3,(H,26,27). The third-order valence-corrected chi connectivity index (χ3v) is 5.79. The van der Waals surface area contributed by atoms with Crippen molar-refractivity contribution in [1.82, 2.24) is 4.98 Å². The number of hydrogen-bond acceptors (Lipinski definition) is 6. The second kappa shape index (κ2) is 9.02. The van der Waals surface area contributed by atoms with E-state index < -0.39 is 11.8 Å². The van der Waals surface area contributed by atoms with Crippen molar-refractivity contribution in [1.29, 1.82) is 0 Å². The summed E-state index contributed by atoms with van der Waals surface area (Å²) in [6.45, 7) is 4.30. The predicted octanol–water partition coefficient (Wildman–Crippen LogP) is 3.20. The third kappa shape index (κ3) is 4.42. The lowest BCUT2D eigenvalue weighted by Crippen LogP contribution is -2.49. The Morgan fingerprint density at radius 2 is 2.10 bits per heavy atom. The van der Waals surface area contributed by atoms with Crippen LogP contribution >= 0.6 is 0 Å². The van der Waals surface area contributed by atoms with Gasteiger partial charge in [-0.05, 0) is 61.6 Å². The maximum atomic E-state index is 11.8. The van der Waals surface area contributed by atoms with Gasteiger partial charge in [0, 0.05) is 19.2 Å². The van der Waals surface area contributed by atoms with Crippen LogP contribution in [0, 0.1) is 6.92 Å². The molecule has 1 atom stereocenters. The minimum Gasteiger partial charge on any atom is -0.491 e. The summed E-state index contributed by atoms with van der Waals surface area (Å²) in [5, 5.41) is 9.64. The zero-order valence-electron chi connectivity index (χ0n) is 17.3. The van der Waals surface area contributed by atoms with Gasteiger partial charge in [-0.1, -0.05) is 12.1 Å². The number of aryl methyl sites for hydroxylation is 1. The zero-order valence-corrected chi connectivity index (χ0v) is 17.3. The lowest BCUT2D eigenvalue weighted by Gasteiger charge is -2.33. The molecule has 7 nitrogen and oxygen atoms in total. The Kier molecular flexibility index (Phi) is 6.20. The summed E-state index contributed by atoms with van der Waals surface area (Å²) in [6.07, 6.45) is 4.89. The molecule has 160 valence electrons. The molecule has 1 aromatic heterocycles. The van der Waals surface area contributed by atoms with Gasteiger partial charge in [-0.25, -0.2) is 9.78 Å². The SMILES string of the molecule is Cc1cc(OCC2CCCN2c2ccccn2)ccc1CC1(C(=O)O)OCCCO1. The normalized spacial score (nSPS) is 20.8. The smallest absolute Gasteiger partial charge is 0.364 e. The van der Waals surface area contributed by atoms with Gasteiger partial charge >= 0.3 is 5.97 Å². The van der Waals surface area contributed by atoms with Crippen LogP contribution in [0.1, 0.15) is 30.4 Å². The number of carboxylic acid groups (broad SMARTS) is 1. The first-order chi connectivity index (χ1) is 14.6. The first-order valence-electron chi connectivity index (χ1n) is 10.5. The zero-order chi connectivity index (χ0) is 21.0. The Bertz CT molecular complexity index is 867. The quantitative estimate of drug-likeness (QED) is 0.748. The molecule has 3 heterocycles. The number of aliphatic carboxylic acids is 1. The highest BCUT2D eigenvalue weighted by atomic mass is 16.7. The molecule has 2 fully saturated rings. The van der Waals surface area contributed by atoms with Crippen LogP contribution in [0.25, 0.3) is 0 Å². The second-order valence-corrected chi connectivity index (χ2v) is 7.86. The van der Waals surface area contributed by atoms with Crippen molar-refractivity contribution in [2.45, 2.75) is 44.4 Å². The van der Waals surface area contributed by atoms with Gasteiger partial charge in [0.25, 0.3) is 5.79 Å². The van der Waals surface area contributed by atoms with Gasteiger partial charge in [-0.2, -0.15) is 0 Å². The van der Waals surface area contributed by atoms with Crippen LogP contribution in [0.2, 0.25) is 0 Å². The van der Waals surface area contributed by atoms with Crippen molar-refractivity contribution in [3.63, 3.8) is 0 Å². The molecule has 1 unspecified atom stereocenters. The molecule has 0 bridgehead atoms. The minimum atomic E-state index is -1.60. The van der Waals surface area contributed by atoms with Crippen molar-refractivity contribution < 1.29 is 24.1 Å². The van der Waals surface area contributed by atoms with Gasteiger partial charge in [0.1, 0.15) is 18.2 Å².